The van der Waals surface area contributed by atoms with Gasteiger partial charge < -0.3 is 10.3 Å². The van der Waals surface area contributed by atoms with E-state index >= 15 is 0 Å². The quantitative estimate of drug-likeness (QED) is 0.644. The zero-order chi connectivity index (χ0) is 17.0. The van der Waals surface area contributed by atoms with Gasteiger partial charge in [0.05, 0.1) is 10.6 Å². The standard InChI is InChI=1S/C18H19N3O2S/c1-19-13-14-9-10-16(17-8-5-11-20-17)18(12-14)21-24(22,23)15-6-3-2-4-7-15/h2-12,19-21H,13H2,1H3. The molecule has 0 fully saturated rings. The van der Waals surface area contributed by atoms with E-state index in [0.717, 1.165) is 16.8 Å². The number of hydrogen-bond acceptors (Lipinski definition) is 3. The van der Waals surface area contributed by atoms with Crippen LogP contribution in [0.1, 0.15) is 5.56 Å². The summed E-state index contributed by atoms with van der Waals surface area (Å²) in [5.41, 5.74) is 3.21. The molecule has 3 rings (SSSR count). The normalized spacial score (nSPS) is 11.4. The van der Waals surface area contributed by atoms with E-state index < -0.39 is 10.0 Å². The van der Waals surface area contributed by atoms with Crippen LogP contribution in [0.3, 0.4) is 0 Å². The minimum atomic E-state index is -3.64. The summed E-state index contributed by atoms with van der Waals surface area (Å²) in [4.78, 5) is 3.36. The highest BCUT2D eigenvalue weighted by Crippen LogP contribution is 2.29. The molecule has 1 aromatic heterocycles. The highest BCUT2D eigenvalue weighted by molar-refractivity contribution is 7.92. The summed E-state index contributed by atoms with van der Waals surface area (Å²) >= 11 is 0. The number of anilines is 1. The van der Waals surface area contributed by atoms with Crippen molar-refractivity contribution in [2.45, 2.75) is 11.4 Å². The van der Waals surface area contributed by atoms with Crippen molar-refractivity contribution in [3.05, 3.63) is 72.4 Å². The van der Waals surface area contributed by atoms with E-state index in [9.17, 15) is 8.42 Å². The minimum absolute atomic E-state index is 0.237. The first-order valence-corrected chi connectivity index (χ1v) is 9.07. The predicted octanol–water partition coefficient (Wildman–Crippen LogP) is 3.20. The summed E-state index contributed by atoms with van der Waals surface area (Å²) in [5.74, 6) is 0. The predicted molar refractivity (Wildman–Crippen MR) is 96.2 cm³/mol. The largest absolute Gasteiger partial charge is 0.361 e. The molecule has 124 valence electrons. The van der Waals surface area contributed by atoms with Crippen LogP contribution in [0.25, 0.3) is 11.3 Å². The van der Waals surface area contributed by atoms with E-state index in [4.69, 9.17) is 0 Å². The molecule has 3 aromatic rings. The molecule has 0 atom stereocenters. The molecule has 0 saturated carbocycles. The smallest absolute Gasteiger partial charge is 0.261 e. The van der Waals surface area contributed by atoms with Crippen molar-refractivity contribution in [3.63, 3.8) is 0 Å². The summed E-state index contributed by atoms with van der Waals surface area (Å²) in [6.07, 6.45) is 1.81. The van der Waals surface area contributed by atoms with E-state index in [-0.39, 0.29) is 4.90 Å². The number of rotatable bonds is 6. The monoisotopic (exact) mass is 341 g/mol. The van der Waals surface area contributed by atoms with E-state index in [0.29, 0.717) is 12.2 Å². The molecule has 0 radical (unpaired) electrons. The van der Waals surface area contributed by atoms with Gasteiger partial charge in [-0.1, -0.05) is 30.3 Å². The second kappa shape index (κ2) is 6.90. The summed E-state index contributed by atoms with van der Waals surface area (Å²) in [7, 11) is -1.79. The summed E-state index contributed by atoms with van der Waals surface area (Å²) in [5, 5.41) is 3.07. The van der Waals surface area contributed by atoms with E-state index in [1.54, 1.807) is 30.3 Å². The zero-order valence-corrected chi connectivity index (χ0v) is 14.1. The number of sulfonamides is 1. The highest BCUT2D eigenvalue weighted by atomic mass is 32.2. The van der Waals surface area contributed by atoms with Crippen LogP contribution in [-0.2, 0) is 16.6 Å². The van der Waals surface area contributed by atoms with Crippen molar-refractivity contribution < 1.29 is 8.42 Å². The van der Waals surface area contributed by atoms with Gasteiger partial charge in [-0.3, -0.25) is 4.72 Å². The van der Waals surface area contributed by atoms with Gasteiger partial charge in [0.25, 0.3) is 10.0 Å². The maximum absolute atomic E-state index is 12.7. The Morgan fingerprint density at radius 2 is 1.79 bits per heavy atom. The van der Waals surface area contributed by atoms with Gasteiger partial charge >= 0.3 is 0 Å². The molecule has 0 bridgehead atoms. The van der Waals surface area contributed by atoms with Crippen LogP contribution in [0.4, 0.5) is 5.69 Å². The lowest BCUT2D eigenvalue weighted by Gasteiger charge is -2.14. The first-order valence-electron chi connectivity index (χ1n) is 7.59. The lowest BCUT2D eigenvalue weighted by Crippen LogP contribution is -2.14. The van der Waals surface area contributed by atoms with Crippen molar-refractivity contribution in [3.8, 4) is 11.3 Å². The zero-order valence-electron chi connectivity index (χ0n) is 13.3. The van der Waals surface area contributed by atoms with Crippen molar-refractivity contribution in [1.82, 2.24) is 10.3 Å². The van der Waals surface area contributed by atoms with Gasteiger partial charge in [0, 0.05) is 24.0 Å². The van der Waals surface area contributed by atoms with Crippen LogP contribution in [-0.4, -0.2) is 20.4 Å². The number of aromatic amines is 1. The molecule has 0 saturated heterocycles. The fourth-order valence-corrected chi connectivity index (χ4v) is 3.62. The Bertz CT molecular complexity index is 905. The van der Waals surface area contributed by atoms with Gasteiger partial charge in [-0.2, -0.15) is 0 Å². The maximum atomic E-state index is 12.7. The Hall–Kier alpha value is -2.57. The van der Waals surface area contributed by atoms with Crippen molar-refractivity contribution >= 4 is 15.7 Å². The molecule has 0 aliphatic rings. The molecule has 0 amide bonds. The molecule has 24 heavy (non-hydrogen) atoms. The molecular weight excluding hydrogens is 322 g/mol. The first-order chi connectivity index (χ1) is 11.6. The van der Waals surface area contributed by atoms with Crippen molar-refractivity contribution in [1.29, 1.82) is 0 Å². The maximum Gasteiger partial charge on any atom is 0.261 e. The summed E-state index contributed by atoms with van der Waals surface area (Å²) in [6, 6.07) is 17.9. The molecule has 6 heteroatoms. The number of H-pyrrole nitrogens is 1. The van der Waals surface area contributed by atoms with Crippen LogP contribution in [0.5, 0.6) is 0 Å². The average molecular weight is 341 g/mol. The van der Waals surface area contributed by atoms with Gasteiger partial charge in [-0.05, 0) is 42.9 Å². The Morgan fingerprint density at radius 3 is 2.46 bits per heavy atom. The van der Waals surface area contributed by atoms with Gasteiger partial charge in [0.2, 0.25) is 0 Å². The first kappa shape index (κ1) is 16.3. The van der Waals surface area contributed by atoms with Gasteiger partial charge in [-0.25, -0.2) is 8.42 Å². The Kier molecular flexibility index (Phi) is 4.69. The molecule has 1 heterocycles. The fraction of sp³-hybridized carbons (Fsp3) is 0.111. The number of hydrogen-bond donors (Lipinski definition) is 3. The summed E-state index contributed by atoms with van der Waals surface area (Å²) < 4.78 is 28.0. The average Bonchev–Trinajstić information content (AvgIpc) is 3.10. The van der Waals surface area contributed by atoms with Crippen LogP contribution in [0.15, 0.2) is 71.8 Å². The Labute approximate surface area is 141 Å². The van der Waals surface area contributed by atoms with Gasteiger partial charge in [0.15, 0.2) is 0 Å². The third kappa shape index (κ3) is 3.50. The van der Waals surface area contributed by atoms with Gasteiger partial charge in [-0.15, -0.1) is 0 Å². The van der Waals surface area contributed by atoms with Crippen molar-refractivity contribution in [2.75, 3.05) is 11.8 Å². The highest BCUT2D eigenvalue weighted by Gasteiger charge is 2.17. The molecule has 0 spiro atoms. The third-order valence-electron chi connectivity index (χ3n) is 3.65. The van der Waals surface area contributed by atoms with E-state index in [1.165, 1.54) is 0 Å². The van der Waals surface area contributed by atoms with Crippen molar-refractivity contribution in [2.24, 2.45) is 0 Å². The molecular formula is C18H19N3O2S. The van der Waals surface area contributed by atoms with Crippen LogP contribution in [0, 0.1) is 0 Å². The van der Waals surface area contributed by atoms with Crippen LogP contribution in [0.2, 0.25) is 0 Å². The van der Waals surface area contributed by atoms with Gasteiger partial charge in [0.1, 0.15) is 0 Å². The lowest BCUT2D eigenvalue weighted by atomic mass is 10.1. The van der Waals surface area contributed by atoms with E-state index in [1.807, 2.05) is 43.6 Å². The second-order valence-electron chi connectivity index (χ2n) is 5.41. The third-order valence-corrected chi connectivity index (χ3v) is 5.03. The molecule has 0 unspecified atom stereocenters. The number of nitrogens with one attached hydrogen (secondary N) is 3. The molecule has 0 aliphatic heterocycles. The van der Waals surface area contributed by atoms with Crippen LogP contribution >= 0.6 is 0 Å². The lowest BCUT2D eigenvalue weighted by molar-refractivity contribution is 0.601. The SMILES string of the molecule is CNCc1ccc(-c2ccc[nH]2)c(NS(=O)(=O)c2ccccc2)c1. The molecule has 5 nitrogen and oxygen atoms in total. The number of aromatic nitrogens is 1. The topological polar surface area (TPSA) is 74.0 Å². The molecule has 0 aliphatic carbocycles. The molecule has 2 aromatic carbocycles. The Morgan fingerprint density at radius 1 is 1.00 bits per heavy atom. The fourth-order valence-electron chi connectivity index (χ4n) is 2.53. The Balaban J connectivity index is 2.03. The second-order valence-corrected chi connectivity index (χ2v) is 7.10. The minimum Gasteiger partial charge on any atom is -0.361 e. The van der Waals surface area contributed by atoms with E-state index in [2.05, 4.69) is 15.0 Å². The summed E-state index contributed by atoms with van der Waals surface area (Å²) in [6.45, 7) is 0.658. The van der Waals surface area contributed by atoms with Crippen LogP contribution < -0.4 is 10.0 Å². The number of benzene rings is 2. The molecule has 3 N–H and O–H groups in total.